The first-order chi connectivity index (χ1) is 9.60. The summed E-state index contributed by atoms with van der Waals surface area (Å²) in [5.74, 6) is 1.71. The Balaban J connectivity index is 0.00000220. The summed E-state index contributed by atoms with van der Waals surface area (Å²) in [6.07, 6.45) is 1.25. The minimum atomic E-state index is 0. The number of rotatable bonds is 5. The van der Waals surface area contributed by atoms with E-state index in [4.69, 9.17) is 0 Å². The molecule has 0 heterocycles. The second kappa shape index (κ2) is 8.46. The molecule has 0 aromatic heterocycles. The zero-order valence-corrected chi connectivity index (χ0v) is 15.7. The summed E-state index contributed by atoms with van der Waals surface area (Å²) in [5, 5.41) is 6.78. The van der Waals surface area contributed by atoms with Gasteiger partial charge < -0.3 is 15.5 Å². The van der Waals surface area contributed by atoms with E-state index in [1.54, 1.807) is 0 Å². The molecule has 1 aliphatic rings. The highest BCUT2D eigenvalue weighted by Crippen LogP contribution is 2.28. The maximum absolute atomic E-state index is 4.65. The van der Waals surface area contributed by atoms with E-state index in [0.29, 0.717) is 12.6 Å². The molecule has 1 fully saturated rings. The molecule has 5 heteroatoms. The van der Waals surface area contributed by atoms with E-state index in [0.717, 1.165) is 18.4 Å². The molecular formula is C16H27IN4. The van der Waals surface area contributed by atoms with Crippen molar-refractivity contribution in [2.75, 3.05) is 25.5 Å². The van der Waals surface area contributed by atoms with Crippen LogP contribution in [0, 0.1) is 5.92 Å². The second-order valence-corrected chi connectivity index (χ2v) is 5.72. The quantitative estimate of drug-likeness (QED) is 0.452. The maximum Gasteiger partial charge on any atom is 0.191 e. The standard InChI is InChI=1S/C16H26N4.HI/c1-5-17-16(19-15-10-12(15)2)18-11-13-6-8-14(9-7-13)20(3)4;/h6-9,12,15H,5,10-11H2,1-4H3,(H2,17,18,19);1H. The molecule has 0 radical (unpaired) electrons. The predicted molar refractivity (Wildman–Crippen MR) is 102 cm³/mol. The molecule has 0 bridgehead atoms. The number of halogens is 1. The minimum Gasteiger partial charge on any atom is -0.378 e. The molecule has 2 rings (SSSR count). The first kappa shape index (κ1) is 18.1. The van der Waals surface area contributed by atoms with Gasteiger partial charge in [0, 0.05) is 32.4 Å². The summed E-state index contributed by atoms with van der Waals surface area (Å²) in [7, 11) is 4.11. The number of hydrogen-bond donors (Lipinski definition) is 2. The number of aliphatic imine (C=N–C) groups is 1. The first-order valence-corrected chi connectivity index (χ1v) is 7.41. The third kappa shape index (κ3) is 5.73. The van der Waals surface area contributed by atoms with Crippen LogP contribution in [0.4, 0.5) is 5.69 Å². The lowest BCUT2D eigenvalue weighted by Crippen LogP contribution is -2.39. The van der Waals surface area contributed by atoms with Gasteiger partial charge in [-0.15, -0.1) is 24.0 Å². The van der Waals surface area contributed by atoms with Crippen LogP contribution in [0.2, 0.25) is 0 Å². The van der Waals surface area contributed by atoms with E-state index in [2.05, 4.69) is 72.7 Å². The molecule has 1 aromatic rings. The molecule has 1 aliphatic carbocycles. The van der Waals surface area contributed by atoms with E-state index in [9.17, 15) is 0 Å². The van der Waals surface area contributed by atoms with Gasteiger partial charge in [0.15, 0.2) is 5.96 Å². The van der Waals surface area contributed by atoms with E-state index < -0.39 is 0 Å². The number of benzene rings is 1. The van der Waals surface area contributed by atoms with E-state index >= 15 is 0 Å². The van der Waals surface area contributed by atoms with Gasteiger partial charge in [0.25, 0.3) is 0 Å². The summed E-state index contributed by atoms with van der Waals surface area (Å²) < 4.78 is 0. The Bertz CT molecular complexity index is 456. The molecular weight excluding hydrogens is 375 g/mol. The Kier molecular flexibility index (Phi) is 7.28. The second-order valence-electron chi connectivity index (χ2n) is 5.72. The van der Waals surface area contributed by atoms with Gasteiger partial charge >= 0.3 is 0 Å². The van der Waals surface area contributed by atoms with Gasteiger partial charge in [0.1, 0.15) is 0 Å². The molecule has 2 atom stereocenters. The van der Waals surface area contributed by atoms with Gasteiger partial charge in [-0.2, -0.15) is 0 Å². The normalized spacial score (nSPS) is 20.5. The lowest BCUT2D eigenvalue weighted by molar-refractivity contribution is 0.766. The van der Waals surface area contributed by atoms with Crippen LogP contribution >= 0.6 is 24.0 Å². The molecule has 2 unspecified atom stereocenters. The van der Waals surface area contributed by atoms with Crippen LogP contribution in [0.5, 0.6) is 0 Å². The van der Waals surface area contributed by atoms with Crippen LogP contribution in [-0.4, -0.2) is 32.6 Å². The van der Waals surface area contributed by atoms with Gasteiger partial charge in [-0.25, -0.2) is 4.99 Å². The lowest BCUT2D eigenvalue weighted by atomic mass is 10.2. The van der Waals surface area contributed by atoms with Crippen LogP contribution in [0.1, 0.15) is 25.8 Å². The molecule has 118 valence electrons. The zero-order chi connectivity index (χ0) is 14.5. The summed E-state index contributed by atoms with van der Waals surface area (Å²) >= 11 is 0. The topological polar surface area (TPSA) is 39.7 Å². The van der Waals surface area contributed by atoms with Crippen molar-refractivity contribution in [3.05, 3.63) is 29.8 Å². The van der Waals surface area contributed by atoms with Crippen molar-refractivity contribution in [3.63, 3.8) is 0 Å². The van der Waals surface area contributed by atoms with Gasteiger partial charge in [-0.3, -0.25) is 0 Å². The van der Waals surface area contributed by atoms with Crippen molar-refractivity contribution in [2.24, 2.45) is 10.9 Å². The molecule has 2 N–H and O–H groups in total. The number of guanidine groups is 1. The molecule has 4 nitrogen and oxygen atoms in total. The van der Waals surface area contributed by atoms with Crippen LogP contribution < -0.4 is 15.5 Å². The third-order valence-electron chi connectivity index (χ3n) is 3.65. The van der Waals surface area contributed by atoms with E-state index in [1.807, 2.05) is 0 Å². The lowest BCUT2D eigenvalue weighted by Gasteiger charge is -2.13. The third-order valence-corrected chi connectivity index (χ3v) is 3.65. The SMILES string of the molecule is CCNC(=NCc1ccc(N(C)C)cc1)NC1CC1C.I. The van der Waals surface area contributed by atoms with Crippen molar-refractivity contribution in [1.29, 1.82) is 0 Å². The summed E-state index contributed by atoms with van der Waals surface area (Å²) in [6, 6.07) is 9.15. The highest BCUT2D eigenvalue weighted by atomic mass is 127. The fourth-order valence-electron chi connectivity index (χ4n) is 2.09. The van der Waals surface area contributed by atoms with Crippen molar-refractivity contribution in [3.8, 4) is 0 Å². The van der Waals surface area contributed by atoms with Crippen LogP contribution in [-0.2, 0) is 6.54 Å². The molecule has 0 aliphatic heterocycles. The number of anilines is 1. The largest absolute Gasteiger partial charge is 0.378 e. The maximum atomic E-state index is 4.65. The number of nitrogens with zero attached hydrogens (tertiary/aromatic N) is 2. The predicted octanol–water partition coefficient (Wildman–Crippen LogP) is 2.83. The molecule has 1 aromatic carbocycles. The average molecular weight is 402 g/mol. The molecule has 21 heavy (non-hydrogen) atoms. The molecule has 0 saturated heterocycles. The van der Waals surface area contributed by atoms with E-state index in [1.165, 1.54) is 17.7 Å². The van der Waals surface area contributed by atoms with Crippen LogP contribution in [0.3, 0.4) is 0 Å². The fourth-order valence-corrected chi connectivity index (χ4v) is 2.09. The van der Waals surface area contributed by atoms with Gasteiger partial charge in [0.2, 0.25) is 0 Å². The number of hydrogen-bond acceptors (Lipinski definition) is 2. The highest BCUT2D eigenvalue weighted by molar-refractivity contribution is 14.0. The summed E-state index contributed by atoms with van der Waals surface area (Å²) in [5.41, 5.74) is 2.45. The molecule has 0 amide bonds. The monoisotopic (exact) mass is 402 g/mol. The van der Waals surface area contributed by atoms with Crippen molar-refractivity contribution in [2.45, 2.75) is 32.9 Å². The minimum absolute atomic E-state index is 0. The van der Waals surface area contributed by atoms with Crippen molar-refractivity contribution >= 4 is 35.6 Å². The van der Waals surface area contributed by atoms with Gasteiger partial charge in [0.05, 0.1) is 6.54 Å². The van der Waals surface area contributed by atoms with Crippen LogP contribution in [0.25, 0.3) is 0 Å². The Morgan fingerprint density at radius 3 is 2.38 bits per heavy atom. The van der Waals surface area contributed by atoms with E-state index in [-0.39, 0.29) is 24.0 Å². The molecule has 0 spiro atoms. The summed E-state index contributed by atoms with van der Waals surface area (Å²) in [6.45, 7) is 5.97. The van der Waals surface area contributed by atoms with Crippen LogP contribution in [0.15, 0.2) is 29.3 Å². The Morgan fingerprint density at radius 2 is 1.90 bits per heavy atom. The number of nitrogens with one attached hydrogen (secondary N) is 2. The Hall–Kier alpha value is -0.980. The van der Waals surface area contributed by atoms with Gasteiger partial charge in [-0.05, 0) is 37.0 Å². The fraction of sp³-hybridized carbons (Fsp3) is 0.562. The van der Waals surface area contributed by atoms with Gasteiger partial charge in [-0.1, -0.05) is 19.1 Å². The first-order valence-electron chi connectivity index (χ1n) is 7.41. The average Bonchev–Trinajstić information content (AvgIpc) is 3.12. The highest BCUT2D eigenvalue weighted by Gasteiger charge is 2.33. The molecule has 1 saturated carbocycles. The smallest absolute Gasteiger partial charge is 0.191 e. The van der Waals surface area contributed by atoms with Crippen molar-refractivity contribution in [1.82, 2.24) is 10.6 Å². The Morgan fingerprint density at radius 1 is 1.29 bits per heavy atom. The van der Waals surface area contributed by atoms with Crippen molar-refractivity contribution < 1.29 is 0 Å². The zero-order valence-electron chi connectivity index (χ0n) is 13.4. The summed E-state index contributed by atoms with van der Waals surface area (Å²) in [4.78, 5) is 6.76. The Labute approximate surface area is 145 Å².